The fourth-order valence-electron chi connectivity index (χ4n) is 0.346. The van der Waals surface area contributed by atoms with Gasteiger partial charge in [-0.05, 0) is 44.6 Å². The molecule has 1 heterocycles. The Morgan fingerprint density at radius 1 is 1.75 bits per heavy atom. The van der Waals surface area contributed by atoms with E-state index in [2.05, 4.69) is 49.7 Å². The van der Waals surface area contributed by atoms with E-state index < -0.39 is 0 Å². The van der Waals surface area contributed by atoms with Crippen LogP contribution in [0.3, 0.4) is 0 Å². The Balaban J connectivity index is 3.08. The standard InChI is InChI=1S/C5H2BrIN/c6-4-1-5(7)3-8-2-4/h1,3H. The van der Waals surface area contributed by atoms with E-state index in [0.717, 1.165) is 8.04 Å². The van der Waals surface area contributed by atoms with Crippen LogP contribution in [0.15, 0.2) is 16.7 Å². The van der Waals surface area contributed by atoms with Crippen LogP contribution in [0.1, 0.15) is 0 Å². The summed E-state index contributed by atoms with van der Waals surface area (Å²) >= 11 is 5.43. The van der Waals surface area contributed by atoms with Gasteiger partial charge in [0.25, 0.3) is 0 Å². The molecule has 0 saturated carbocycles. The largest absolute Gasteiger partial charge is 0.252 e. The van der Waals surface area contributed by atoms with Crippen LogP contribution in [0, 0.1) is 9.77 Å². The van der Waals surface area contributed by atoms with E-state index in [-0.39, 0.29) is 0 Å². The number of aromatic nitrogens is 1. The summed E-state index contributed by atoms with van der Waals surface area (Å²) in [6, 6.07) is 1.95. The smallest absolute Gasteiger partial charge is 0.104 e. The first kappa shape index (κ1) is 6.48. The number of hydrogen-bond donors (Lipinski definition) is 0. The summed E-state index contributed by atoms with van der Waals surface area (Å²) in [5.41, 5.74) is 0. The third-order valence-electron chi connectivity index (χ3n) is 0.624. The molecule has 0 aliphatic rings. The van der Waals surface area contributed by atoms with E-state index in [1.807, 2.05) is 6.07 Å². The molecule has 1 aromatic rings. The third kappa shape index (κ3) is 1.70. The van der Waals surface area contributed by atoms with Crippen LogP contribution in [0.2, 0.25) is 0 Å². The van der Waals surface area contributed by atoms with Gasteiger partial charge >= 0.3 is 0 Å². The maximum absolute atomic E-state index is 3.80. The fraction of sp³-hybridized carbons (Fsp3) is 0. The first-order chi connectivity index (χ1) is 3.79. The Hall–Kier alpha value is 0.360. The van der Waals surface area contributed by atoms with Crippen LogP contribution < -0.4 is 0 Å². The molecular formula is C5H2BrIN. The molecule has 0 bridgehead atoms. The monoisotopic (exact) mass is 282 g/mol. The molecular weight excluding hydrogens is 281 g/mol. The highest BCUT2D eigenvalue weighted by atomic mass is 127. The van der Waals surface area contributed by atoms with E-state index >= 15 is 0 Å². The predicted octanol–water partition coefficient (Wildman–Crippen LogP) is 2.25. The molecule has 1 aromatic heterocycles. The molecule has 0 aromatic carbocycles. The Morgan fingerprint density at radius 3 is 2.88 bits per heavy atom. The normalized spacial score (nSPS) is 9.25. The number of hydrogen-bond acceptors (Lipinski definition) is 1. The number of halogens is 2. The zero-order chi connectivity index (χ0) is 5.98. The number of rotatable bonds is 0. The molecule has 3 heteroatoms. The Morgan fingerprint density at radius 2 is 2.50 bits per heavy atom. The van der Waals surface area contributed by atoms with Gasteiger partial charge in [0, 0.05) is 14.2 Å². The molecule has 0 aliphatic carbocycles. The minimum Gasteiger partial charge on any atom is -0.252 e. The van der Waals surface area contributed by atoms with Crippen molar-refractivity contribution in [3.05, 3.63) is 26.5 Å². The van der Waals surface area contributed by atoms with Gasteiger partial charge in [-0.25, -0.2) is 0 Å². The minimum absolute atomic E-state index is 0.907. The molecule has 1 radical (unpaired) electrons. The predicted molar refractivity (Wildman–Crippen MR) is 43.5 cm³/mol. The lowest BCUT2D eigenvalue weighted by Crippen LogP contribution is -1.73. The number of nitrogens with zero attached hydrogens (tertiary/aromatic N) is 1. The van der Waals surface area contributed by atoms with Gasteiger partial charge in [0.05, 0.1) is 0 Å². The second-order valence-corrected chi connectivity index (χ2v) is 3.35. The van der Waals surface area contributed by atoms with Gasteiger partial charge in [-0.15, -0.1) is 0 Å². The van der Waals surface area contributed by atoms with Crippen LogP contribution in [-0.4, -0.2) is 4.98 Å². The average Bonchev–Trinajstić information content (AvgIpc) is 1.64. The van der Waals surface area contributed by atoms with Crippen molar-refractivity contribution in [2.45, 2.75) is 0 Å². The lowest BCUT2D eigenvalue weighted by Gasteiger charge is -1.85. The molecule has 8 heavy (non-hydrogen) atoms. The molecule has 0 N–H and O–H groups in total. The Labute approximate surface area is 69.8 Å². The van der Waals surface area contributed by atoms with Crippen LogP contribution in [0.5, 0.6) is 0 Å². The second-order valence-electron chi connectivity index (χ2n) is 1.25. The molecule has 0 aliphatic heterocycles. The van der Waals surface area contributed by atoms with Gasteiger partial charge in [-0.1, -0.05) is 0 Å². The van der Waals surface area contributed by atoms with Gasteiger partial charge in [-0.3, -0.25) is 4.98 Å². The quantitative estimate of drug-likeness (QED) is 0.665. The van der Waals surface area contributed by atoms with Crippen LogP contribution in [0.25, 0.3) is 0 Å². The molecule has 0 spiro atoms. The van der Waals surface area contributed by atoms with Crippen molar-refractivity contribution in [3.63, 3.8) is 0 Å². The molecule has 41 valence electrons. The van der Waals surface area contributed by atoms with Gasteiger partial charge in [0.2, 0.25) is 0 Å². The van der Waals surface area contributed by atoms with E-state index in [0.29, 0.717) is 0 Å². The Bertz CT molecular complexity index is 172. The first-order valence-electron chi connectivity index (χ1n) is 1.98. The van der Waals surface area contributed by atoms with E-state index in [1.54, 1.807) is 6.20 Å². The van der Waals surface area contributed by atoms with Crippen molar-refractivity contribution in [2.24, 2.45) is 0 Å². The van der Waals surface area contributed by atoms with Crippen LogP contribution in [0.4, 0.5) is 0 Å². The first-order valence-corrected chi connectivity index (χ1v) is 3.85. The summed E-state index contributed by atoms with van der Waals surface area (Å²) in [6.07, 6.45) is 4.49. The van der Waals surface area contributed by atoms with Crippen molar-refractivity contribution < 1.29 is 0 Å². The zero-order valence-electron chi connectivity index (χ0n) is 3.86. The zero-order valence-corrected chi connectivity index (χ0v) is 7.60. The topological polar surface area (TPSA) is 12.9 Å². The van der Waals surface area contributed by atoms with Gasteiger partial charge in [0.1, 0.15) is 6.20 Å². The van der Waals surface area contributed by atoms with Crippen molar-refractivity contribution in [2.75, 3.05) is 0 Å². The van der Waals surface area contributed by atoms with E-state index in [1.165, 1.54) is 0 Å². The second kappa shape index (κ2) is 2.77. The highest BCUT2D eigenvalue weighted by Gasteiger charge is 1.86. The summed E-state index contributed by atoms with van der Waals surface area (Å²) in [6.45, 7) is 0. The summed E-state index contributed by atoms with van der Waals surface area (Å²) in [5, 5.41) is 0. The third-order valence-corrected chi connectivity index (χ3v) is 1.62. The molecule has 0 unspecified atom stereocenters. The number of pyridine rings is 1. The van der Waals surface area contributed by atoms with E-state index in [4.69, 9.17) is 0 Å². The van der Waals surface area contributed by atoms with Crippen LogP contribution in [-0.2, 0) is 0 Å². The maximum Gasteiger partial charge on any atom is 0.104 e. The van der Waals surface area contributed by atoms with Crippen molar-refractivity contribution in [1.82, 2.24) is 4.98 Å². The SMILES string of the molecule is Brc1[c]ncc(I)c1. The van der Waals surface area contributed by atoms with Crippen LogP contribution >= 0.6 is 38.5 Å². The van der Waals surface area contributed by atoms with Crippen molar-refractivity contribution >= 4 is 38.5 Å². The lowest BCUT2D eigenvalue weighted by atomic mass is 10.5. The molecule has 0 fully saturated rings. The minimum atomic E-state index is 0.907. The maximum atomic E-state index is 3.80. The highest BCUT2D eigenvalue weighted by Crippen LogP contribution is 2.09. The lowest BCUT2D eigenvalue weighted by molar-refractivity contribution is 1.27. The fourth-order valence-corrected chi connectivity index (χ4v) is 1.57. The summed E-state index contributed by atoms with van der Waals surface area (Å²) < 4.78 is 2.03. The molecule has 0 atom stereocenters. The summed E-state index contributed by atoms with van der Waals surface area (Å²) in [7, 11) is 0. The average molecular weight is 283 g/mol. The summed E-state index contributed by atoms with van der Waals surface area (Å²) in [4.78, 5) is 3.80. The highest BCUT2D eigenvalue weighted by molar-refractivity contribution is 14.1. The molecule has 1 nitrogen and oxygen atoms in total. The van der Waals surface area contributed by atoms with Gasteiger partial charge in [-0.2, -0.15) is 0 Å². The van der Waals surface area contributed by atoms with Crippen molar-refractivity contribution in [1.29, 1.82) is 0 Å². The Kier molecular flexibility index (Phi) is 2.25. The van der Waals surface area contributed by atoms with Gasteiger partial charge in [0.15, 0.2) is 0 Å². The van der Waals surface area contributed by atoms with Crippen molar-refractivity contribution in [3.8, 4) is 0 Å². The van der Waals surface area contributed by atoms with Gasteiger partial charge < -0.3 is 0 Å². The van der Waals surface area contributed by atoms with E-state index in [9.17, 15) is 0 Å². The molecule has 1 rings (SSSR count). The molecule has 0 amide bonds. The summed E-state index contributed by atoms with van der Waals surface area (Å²) in [5.74, 6) is 0. The molecule has 0 saturated heterocycles.